The van der Waals surface area contributed by atoms with E-state index >= 15 is 0 Å². The number of methoxy groups -OCH3 is 2. The Morgan fingerprint density at radius 2 is 1.92 bits per heavy atom. The zero-order valence-electron chi connectivity index (χ0n) is 15.1. The molecule has 2 aliphatic rings. The second-order valence-corrected chi connectivity index (χ2v) is 9.96. The van der Waals surface area contributed by atoms with E-state index in [9.17, 15) is 13.2 Å². The largest absolute Gasteiger partial charge is 0.493 e. The molecular weight excluding hydrogens is 376 g/mol. The fourth-order valence-electron chi connectivity index (χ4n) is 3.06. The van der Waals surface area contributed by atoms with Crippen molar-refractivity contribution >= 4 is 38.4 Å². The number of amidine groups is 1. The second-order valence-electron chi connectivity index (χ2n) is 6.60. The molecule has 2 saturated heterocycles. The summed E-state index contributed by atoms with van der Waals surface area (Å²) in [6.07, 6.45) is 0. The molecule has 2 fully saturated rings. The van der Waals surface area contributed by atoms with Gasteiger partial charge in [0, 0.05) is 22.9 Å². The smallest absolute Gasteiger partial charge is 0.250 e. The molecule has 0 N–H and O–H groups in total. The Bertz CT molecular complexity index is 851. The van der Waals surface area contributed by atoms with Crippen LogP contribution in [0.5, 0.6) is 11.5 Å². The summed E-state index contributed by atoms with van der Waals surface area (Å²) in [6, 6.07) is 5.12. The Hall–Kier alpha value is -1.74. The summed E-state index contributed by atoms with van der Waals surface area (Å²) in [6.45, 7) is 3.58. The van der Waals surface area contributed by atoms with E-state index in [1.807, 2.05) is 11.0 Å². The summed E-state index contributed by atoms with van der Waals surface area (Å²) in [5.74, 6) is 0.819. The minimum Gasteiger partial charge on any atom is -0.493 e. The lowest BCUT2D eigenvalue weighted by Gasteiger charge is -2.25. The number of carbonyl (C=O) groups excluding carboxylic acids is 1. The van der Waals surface area contributed by atoms with Crippen LogP contribution >= 0.6 is 11.8 Å². The first-order valence-electron chi connectivity index (χ1n) is 8.26. The fraction of sp³-hybridized carbons (Fsp3) is 0.529. The van der Waals surface area contributed by atoms with Crippen molar-refractivity contribution in [3.8, 4) is 11.5 Å². The highest BCUT2D eigenvalue weighted by Crippen LogP contribution is 2.43. The summed E-state index contributed by atoms with van der Waals surface area (Å²) >= 11 is 1.36. The van der Waals surface area contributed by atoms with Gasteiger partial charge in [0.15, 0.2) is 26.5 Å². The maximum Gasteiger partial charge on any atom is 0.250 e. The van der Waals surface area contributed by atoms with Crippen LogP contribution in [-0.2, 0) is 14.6 Å². The predicted molar refractivity (Wildman–Crippen MR) is 103 cm³/mol. The maximum absolute atomic E-state index is 12.2. The molecule has 142 valence electrons. The Kier molecular flexibility index (Phi) is 5.21. The lowest BCUT2D eigenvalue weighted by Crippen LogP contribution is -2.37. The molecule has 0 aromatic heterocycles. The third-order valence-corrected chi connectivity index (χ3v) is 7.62. The summed E-state index contributed by atoms with van der Waals surface area (Å²) in [5, 5.41) is 0.410. The number of hydrogen-bond acceptors (Lipinski definition) is 6. The summed E-state index contributed by atoms with van der Waals surface area (Å²) in [4.78, 5) is 18.3. The molecule has 0 aliphatic carbocycles. The van der Waals surface area contributed by atoms with Crippen molar-refractivity contribution in [2.45, 2.75) is 25.1 Å². The number of sulfone groups is 1. The standard InChI is InChI=1S/C17H22N2O5S2/c1-10(2)16(20)18-17-19(12-8-26(21,22)9-15(12)25-17)11-5-6-13(23-3)14(7-11)24-4/h5-7,10,12,15H,8-9H2,1-4H3/t12-,15+/m0/s1. The number of hydrogen-bond donors (Lipinski definition) is 0. The number of rotatable bonds is 4. The Morgan fingerprint density at radius 3 is 2.54 bits per heavy atom. The van der Waals surface area contributed by atoms with Crippen LogP contribution in [0, 0.1) is 5.92 Å². The number of anilines is 1. The molecule has 0 spiro atoms. The van der Waals surface area contributed by atoms with Gasteiger partial charge in [0.2, 0.25) is 0 Å². The molecule has 9 heteroatoms. The van der Waals surface area contributed by atoms with Gasteiger partial charge in [0.1, 0.15) is 0 Å². The monoisotopic (exact) mass is 398 g/mol. The average Bonchev–Trinajstić information content (AvgIpc) is 3.04. The van der Waals surface area contributed by atoms with E-state index in [2.05, 4.69) is 4.99 Å². The van der Waals surface area contributed by atoms with Crippen LogP contribution < -0.4 is 14.4 Å². The van der Waals surface area contributed by atoms with Crippen molar-refractivity contribution in [2.75, 3.05) is 30.6 Å². The molecule has 2 aliphatic heterocycles. The highest BCUT2D eigenvalue weighted by molar-refractivity contribution is 8.16. The van der Waals surface area contributed by atoms with Gasteiger partial charge in [-0.2, -0.15) is 4.99 Å². The molecule has 7 nitrogen and oxygen atoms in total. The summed E-state index contributed by atoms with van der Waals surface area (Å²) in [5.41, 5.74) is 0.732. The minimum absolute atomic E-state index is 0.0495. The highest BCUT2D eigenvalue weighted by Gasteiger charge is 2.49. The second kappa shape index (κ2) is 7.11. The van der Waals surface area contributed by atoms with Gasteiger partial charge in [0.25, 0.3) is 5.91 Å². The normalized spacial score (nSPS) is 25.6. The van der Waals surface area contributed by atoms with Crippen LogP contribution in [0.2, 0.25) is 0 Å². The van der Waals surface area contributed by atoms with Crippen molar-refractivity contribution in [3.05, 3.63) is 18.2 Å². The highest BCUT2D eigenvalue weighted by atomic mass is 32.2. The average molecular weight is 399 g/mol. The van der Waals surface area contributed by atoms with Crippen molar-refractivity contribution in [3.63, 3.8) is 0 Å². The molecule has 2 atom stereocenters. The fourth-order valence-corrected chi connectivity index (χ4v) is 6.98. The van der Waals surface area contributed by atoms with E-state index in [1.54, 1.807) is 40.2 Å². The topological polar surface area (TPSA) is 85.3 Å². The lowest BCUT2D eigenvalue weighted by molar-refractivity contribution is -0.120. The molecule has 1 amide bonds. The number of amides is 1. The van der Waals surface area contributed by atoms with Crippen molar-refractivity contribution in [1.82, 2.24) is 0 Å². The van der Waals surface area contributed by atoms with Crippen LogP contribution in [0.4, 0.5) is 5.69 Å². The molecule has 1 aromatic rings. The molecule has 26 heavy (non-hydrogen) atoms. The molecule has 0 saturated carbocycles. The number of ether oxygens (including phenoxy) is 2. The molecule has 0 bridgehead atoms. The van der Waals surface area contributed by atoms with Gasteiger partial charge >= 0.3 is 0 Å². The van der Waals surface area contributed by atoms with Gasteiger partial charge in [0.05, 0.1) is 31.8 Å². The van der Waals surface area contributed by atoms with Gasteiger partial charge in [-0.15, -0.1) is 0 Å². The Balaban J connectivity index is 2.05. The Morgan fingerprint density at radius 1 is 1.23 bits per heavy atom. The maximum atomic E-state index is 12.2. The van der Waals surface area contributed by atoms with Gasteiger partial charge in [-0.3, -0.25) is 4.79 Å². The number of aliphatic imine (C=N–C) groups is 1. The zero-order chi connectivity index (χ0) is 19.1. The molecule has 3 rings (SSSR count). The van der Waals surface area contributed by atoms with Crippen LogP contribution in [0.1, 0.15) is 13.8 Å². The number of thioether (sulfide) groups is 1. The van der Waals surface area contributed by atoms with E-state index in [1.165, 1.54) is 11.8 Å². The van der Waals surface area contributed by atoms with Crippen LogP contribution in [-0.4, -0.2) is 56.5 Å². The molecule has 2 heterocycles. The predicted octanol–water partition coefficient (Wildman–Crippen LogP) is 1.96. The molecule has 0 unspecified atom stereocenters. The van der Waals surface area contributed by atoms with Gasteiger partial charge in [-0.25, -0.2) is 8.42 Å². The van der Waals surface area contributed by atoms with Crippen molar-refractivity contribution in [2.24, 2.45) is 10.9 Å². The van der Waals surface area contributed by atoms with Crippen LogP contribution in [0.3, 0.4) is 0 Å². The third-order valence-electron chi connectivity index (χ3n) is 4.41. The SMILES string of the molecule is COc1ccc(N2C(=NC(=O)C(C)C)S[C@@H]3CS(=O)(=O)C[C@@H]32)cc1OC. The summed E-state index contributed by atoms with van der Waals surface area (Å²) < 4.78 is 34.8. The van der Waals surface area contributed by atoms with Crippen LogP contribution in [0.15, 0.2) is 23.2 Å². The zero-order valence-corrected chi connectivity index (χ0v) is 16.8. The van der Waals surface area contributed by atoms with E-state index in [4.69, 9.17) is 9.47 Å². The van der Waals surface area contributed by atoms with Crippen molar-refractivity contribution in [1.29, 1.82) is 0 Å². The lowest BCUT2D eigenvalue weighted by atomic mass is 10.2. The first-order valence-corrected chi connectivity index (χ1v) is 11.0. The Labute approximate surface area is 157 Å². The number of carbonyl (C=O) groups is 1. The molecule has 1 aromatic carbocycles. The molecule has 0 radical (unpaired) electrons. The van der Waals surface area contributed by atoms with Crippen molar-refractivity contribution < 1.29 is 22.7 Å². The van der Waals surface area contributed by atoms with E-state index in [-0.39, 0.29) is 34.6 Å². The summed E-state index contributed by atoms with van der Waals surface area (Å²) in [7, 11) is -0.00680. The van der Waals surface area contributed by atoms with E-state index in [0.29, 0.717) is 16.7 Å². The van der Waals surface area contributed by atoms with E-state index < -0.39 is 9.84 Å². The first-order chi connectivity index (χ1) is 12.3. The number of fused-ring (bicyclic) bond motifs is 1. The first kappa shape index (κ1) is 19.0. The minimum atomic E-state index is -3.10. The van der Waals surface area contributed by atoms with Gasteiger partial charge < -0.3 is 14.4 Å². The van der Waals surface area contributed by atoms with E-state index in [0.717, 1.165) is 5.69 Å². The third kappa shape index (κ3) is 3.55. The quantitative estimate of drug-likeness (QED) is 0.766. The van der Waals surface area contributed by atoms with Gasteiger partial charge in [-0.05, 0) is 12.1 Å². The molecular formula is C17H22N2O5S2. The van der Waals surface area contributed by atoms with Crippen LogP contribution in [0.25, 0.3) is 0 Å². The van der Waals surface area contributed by atoms with Gasteiger partial charge in [-0.1, -0.05) is 25.6 Å². The number of benzene rings is 1. The number of nitrogens with zero attached hydrogens (tertiary/aromatic N) is 2.